The van der Waals surface area contributed by atoms with Crippen molar-refractivity contribution >= 4 is 15.9 Å². The topological polar surface area (TPSA) is 73.3 Å². The zero-order valence-electron chi connectivity index (χ0n) is 13.5. The number of furan rings is 1. The number of halogens is 1. The van der Waals surface area contributed by atoms with E-state index in [1.54, 1.807) is 6.07 Å². The molecule has 0 aliphatic heterocycles. The number of benzene rings is 1. The first-order chi connectivity index (χ1) is 11.6. The fraction of sp³-hybridized carbons (Fsp3) is 0.294. The summed E-state index contributed by atoms with van der Waals surface area (Å²) in [5.41, 5.74) is 0. The lowest BCUT2D eigenvalue weighted by Crippen LogP contribution is -2.24. The highest BCUT2D eigenvalue weighted by atomic mass is 79.9. The van der Waals surface area contributed by atoms with Crippen LogP contribution in [0, 0.1) is 0 Å². The van der Waals surface area contributed by atoms with Gasteiger partial charge in [-0.2, -0.15) is 4.98 Å². The zero-order chi connectivity index (χ0) is 16.9. The number of hydrogen-bond donors (Lipinski definition) is 1. The predicted octanol–water partition coefficient (Wildman–Crippen LogP) is 3.82. The second-order valence-electron chi connectivity index (χ2n) is 5.42. The number of rotatable bonds is 7. The van der Waals surface area contributed by atoms with Crippen LogP contribution in [0.15, 0.2) is 49.8 Å². The quantitative estimate of drug-likeness (QED) is 0.659. The van der Waals surface area contributed by atoms with E-state index in [1.165, 1.54) is 0 Å². The van der Waals surface area contributed by atoms with Crippen molar-refractivity contribution in [2.75, 3.05) is 7.05 Å². The second kappa shape index (κ2) is 7.63. The highest BCUT2D eigenvalue weighted by Crippen LogP contribution is 2.22. The average Bonchev–Trinajstić information content (AvgIpc) is 3.23. The summed E-state index contributed by atoms with van der Waals surface area (Å²) in [5, 5.41) is 7.11. The first-order valence-corrected chi connectivity index (χ1v) is 8.40. The summed E-state index contributed by atoms with van der Waals surface area (Å²) >= 11 is 3.39. The van der Waals surface area contributed by atoms with Gasteiger partial charge in [-0.1, -0.05) is 21.1 Å². The lowest BCUT2D eigenvalue weighted by Gasteiger charge is -2.04. The van der Waals surface area contributed by atoms with Crippen LogP contribution in [0.2, 0.25) is 0 Å². The Hall–Kier alpha value is -2.12. The number of likely N-dealkylation sites (N-methyl/N-ethyl adjacent to an activating group) is 1. The molecule has 7 heteroatoms. The monoisotopic (exact) mass is 391 g/mol. The van der Waals surface area contributed by atoms with Gasteiger partial charge < -0.3 is 19.0 Å². The van der Waals surface area contributed by atoms with Crippen molar-refractivity contribution in [3.05, 3.63) is 52.5 Å². The molecule has 1 atom stereocenters. The molecule has 3 aromatic rings. The number of ether oxygens (including phenoxy) is 1. The Morgan fingerprint density at radius 2 is 2.00 bits per heavy atom. The molecule has 0 saturated heterocycles. The normalized spacial score (nSPS) is 12.3. The third-order valence-corrected chi connectivity index (χ3v) is 4.05. The number of nitrogens with one attached hydrogen (secondary N) is 1. The van der Waals surface area contributed by atoms with E-state index in [0.717, 1.165) is 10.2 Å². The van der Waals surface area contributed by atoms with E-state index in [2.05, 4.69) is 38.3 Å². The van der Waals surface area contributed by atoms with Gasteiger partial charge in [-0.25, -0.2) is 0 Å². The Morgan fingerprint density at radius 3 is 2.75 bits per heavy atom. The zero-order valence-corrected chi connectivity index (χ0v) is 15.0. The highest BCUT2D eigenvalue weighted by molar-refractivity contribution is 9.10. The molecule has 6 nitrogen and oxygen atoms in total. The Balaban J connectivity index is 1.61. The molecule has 3 rings (SSSR count). The van der Waals surface area contributed by atoms with Crippen molar-refractivity contribution in [2.45, 2.75) is 26.0 Å². The van der Waals surface area contributed by atoms with Crippen LogP contribution < -0.4 is 10.1 Å². The van der Waals surface area contributed by atoms with Crippen molar-refractivity contribution in [2.24, 2.45) is 0 Å². The second-order valence-corrected chi connectivity index (χ2v) is 6.33. The summed E-state index contributed by atoms with van der Waals surface area (Å²) in [7, 11) is 1.90. The first-order valence-electron chi connectivity index (χ1n) is 7.61. The molecule has 0 aliphatic carbocycles. The number of hydrogen-bond acceptors (Lipinski definition) is 6. The van der Waals surface area contributed by atoms with Crippen LogP contribution in [0.4, 0.5) is 0 Å². The van der Waals surface area contributed by atoms with E-state index >= 15 is 0 Å². The number of nitrogens with zero attached hydrogens (tertiary/aromatic N) is 2. The first kappa shape index (κ1) is 16.7. The van der Waals surface area contributed by atoms with Crippen LogP contribution in [-0.2, 0) is 13.0 Å². The largest absolute Gasteiger partial charge is 0.486 e. The van der Waals surface area contributed by atoms with Crippen LogP contribution in [0.1, 0.15) is 18.5 Å². The van der Waals surface area contributed by atoms with Crippen molar-refractivity contribution in [3.8, 4) is 17.4 Å². The summed E-state index contributed by atoms with van der Waals surface area (Å²) in [5.74, 6) is 3.04. The molecule has 0 saturated carbocycles. The van der Waals surface area contributed by atoms with Gasteiger partial charge in [-0.15, -0.1) is 0 Å². The lowest BCUT2D eigenvalue weighted by atomic mass is 10.2. The fourth-order valence-electron chi connectivity index (χ4n) is 2.07. The minimum Gasteiger partial charge on any atom is -0.486 e. The molecule has 2 aromatic heterocycles. The molecule has 1 aromatic carbocycles. The summed E-state index contributed by atoms with van der Waals surface area (Å²) < 4.78 is 17.7. The molecule has 0 spiro atoms. The Kier molecular flexibility index (Phi) is 5.32. The molecule has 24 heavy (non-hydrogen) atoms. The molecular formula is C17H18BrN3O3. The van der Waals surface area contributed by atoms with Gasteiger partial charge in [0.1, 0.15) is 18.1 Å². The molecular weight excluding hydrogens is 374 g/mol. The summed E-state index contributed by atoms with van der Waals surface area (Å²) in [6.45, 7) is 2.39. The molecule has 0 amide bonds. The molecule has 0 fully saturated rings. The molecule has 2 heterocycles. The van der Waals surface area contributed by atoms with Gasteiger partial charge in [0, 0.05) is 16.9 Å². The van der Waals surface area contributed by atoms with Crippen molar-refractivity contribution in [3.63, 3.8) is 0 Å². The molecule has 0 radical (unpaired) electrons. The molecule has 0 aliphatic rings. The van der Waals surface area contributed by atoms with E-state index in [1.807, 2.05) is 37.4 Å². The third-order valence-electron chi connectivity index (χ3n) is 3.52. The van der Waals surface area contributed by atoms with Crippen molar-refractivity contribution in [1.82, 2.24) is 15.5 Å². The van der Waals surface area contributed by atoms with Gasteiger partial charge in [-0.3, -0.25) is 0 Å². The van der Waals surface area contributed by atoms with E-state index < -0.39 is 0 Å². The highest BCUT2D eigenvalue weighted by Gasteiger charge is 2.14. The van der Waals surface area contributed by atoms with E-state index in [4.69, 9.17) is 13.7 Å². The Morgan fingerprint density at radius 1 is 1.21 bits per heavy atom. The molecule has 1 unspecified atom stereocenters. The van der Waals surface area contributed by atoms with Gasteiger partial charge in [0.2, 0.25) is 0 Å². The minimum absolute atomic E-state index is 0.280. The van der Waals surface area contributed by atoms with E-state index in [-0.39, 0.29) is 6.04 Å². The van der Waals surface area contributed by atoms with E-state index in [9.17, 15) is 0 Å². The smallest absolute Gasteiger partial charge is 0.293 e. The Bertz CT molecular complexity index is 782. The van der Waals surface area contributed by atoms with Gasteiger partial charge >= 0.3 is 0 Å². The maximum absolute atomic E-state index is 5.71. The minimum atomic E-state index is 0.280. The average molecular weight is 392 g/mol. The lowest BCUT2D eigenvalue weighted by molar-refractivity contribution is 0.270. The van der Waals surface area contributed by atoms with Crippen molar-refractivity contribution < 1.29 is 13.7 Å². The molecule has 126 valence electrons. The maximum Gasteiger partial charge on any atom is 0.293 e. The SMILES string of the molecule is CNC(C)Cc1noc(-c2ccc(COc3ccc(Br)cc3)o2)n1. The predicted molar refractivity (Wildman–Crippen MR) is 92.7 cm³/mol. The van der Waals surface area contributed by atoms with Crippen LogP contribution in [0.5, 0.6) is 5.75 Å². The Labute approximate surface area is 148 Å². The standard InChI is InChI=1S/C17H18BrN3O3/c1-11(19-2)9-16-20-17(24-21-16)15-8-7-14(23-15)10-22-13-5-3-12(18)4-6-13/h3-8,11,19H,9-10H2,1-2H3. The molecule has 0 bridgehead atoms. The molecule has 1 N–H and O–H groups in total. The van der Waals surface area contributed by atoms with Gasteiger partial charge in [0.05, 0.1) is 0 Å². The van der Waals surface area contributed by atoms with Gasteiger partial charge in [0.25, 0.3) is 5.89 Å². The fourth-order valence-corrected chi connectivity index (χ4v) is 2.33. The third kappa shape index (κ3) is 4.24. The summed E-state index contributed by atoms with van der Waals surface area (Å²) in [6, 6.07) is 11.6. The summed E-state index contributed by atoms with van der Waals surface area (Å²) in [6.07, 6.45) is 0.695. The van der Waals surface area contributed by atoms with Crippen LogP contribution in [-0.4, -0.2) is 23.2 Å². The van der Waals surface area contributed by atoms with Gasteiger partial charge in [-0.05, 0) is 50.4 Å². The summed E-state index contributed by atoms with van der Waals surface area (Å²) in [4.78, 5) is 4.35. The van der Waals surface area contributed by atoms with Crippen LogP contribution in [0.3, 0.4) is 0 Å². The van der Waals surface area contributed by atoms with Gasteiger partial charge in [0.15, 0.2) is 11.6 Å². The van der Waals surface area contributed by atoms with Crippen molar-refractivity contribution in [1.29, 1.82) is 0 Å². The van der Waals surface area contributed by atoms with E-state index in [0.29, 0.717) is 36.3 Å². The van der Waals surface area contributed by atoms with Crippen LogP contribution in [0.25, 0.3) is 11.7 Å². The maximum atomic E-state index is 5.71. The van der Waals surface area contributed by atoms with Crippen LogP contribution >= 0.6 is 15.9 Å². The number of aromatic nitrogens is 2.